The summed E-state index contributed by atoms with van der Waals surface area (Å²) < 4.78 is 26.9. The first-order chi connectivity index (χ1) is 21.0. The van der Waals surface area contributed by atoms with Crippen LogP contribution in [0.3, 0.4) is 0 Å². The van der Waals surface area contributed by atoms with Crippen molar-refractivity contribution in [2.24, 2.45) is 0 Å². The lowest BCUT2D eigenvalue weighted by atomic mass is 10.0. The normalized spacial score (nSPS) is 15.0. The minimum Gasteiger partial charge on any atom is -0.457 e. The molecule has 4 rings (SSSR count). The van der Waals surface area contributed by atoms with Gasteiger partial charge in [0.25, 0.3) is 5.91 Å². The van der Waals surface area contributed by atoms with Crippen molar-refractivity contribution in [2.75, 3.05) is 42.6 Å². The Morgan fingerprint density at radius 3 is 2.23 bits per heavy atom. The zero-order valence-electron chi connectivity index (χ0n) is 25.8. The maximum absolute atomic E-state index is 13.7. The highest BCUT2D eigenvalue weighted by Gasteiger charge is 2.19. The van der Waals surface area contributed by atoms with Gasteiger partial charge in [-0.05, 0) is 80.8 Å². The van der Waals surface area contributed by atoms with Gasteiger partial charge in [-0.15, -0.1) is 0 Å². The molecule has 1 saturated heterocycles. The van der Waals surface area contributed by atoms with Crippen LogP contribution in [0.5, 0.6) is 5.75 Å². The average molecular weight is 641 g/mol. The molecule has 0 saturated carbocycles. The predicted octanol–water partition coefficient (Wildman–Crippen LogP) is 7.64. The molecule has 2 unspecified atom stereocenters. The van der Waals surface area contributed by atoms with Crippen LogP contribution in [0.4, 0.5) is 20.6 Å². The molecule has 11 heteroatoms. The van der Waals surface area contributed by atoms with E-state index < -0.39 is 17.8 Å². The molecule has 1 heterocycles. The Hall–Kier alpha value is -3.17. The van der Waals surface area contributed by atoms with E-state index in [4.69, 9.17) is 9.47 Å². The van der Waals surface area contributed by atoms with Gasteiger partial charge in [-0.1, -0.05) is 52.4 Å². The van der Waals surface area contributed by atoms with Gasteiger partial charge in [0, 0.05) is 61.0 Å². The maximum Gasteiger partial charge on any atom is 0.412 e. The lowest BCUT2D eigenvalue weighted by molar-refractivity contribution is 0.0635. The fourth-order valence-electron chi connectivity index (χ4n) is 4.67. The third-order valence-electron chi connectivity index (χ3n) is 6.75. The smallest absolute Gasteiger partial charge is 0.412 e. The molecule has 0 aliphatic carbocycles. The summed E-state index contributed by atoms with van der Waals surface area (Å²) in [5.41, 5.74) is 3.43. The molecule has 3 aromatic carbocycles. The standard InChI is InChI=1S/C33H42FN4O4PS/c1-5-20-44-38-18-16-37(17-19-38)22-23-6-12-26(13-7-23)35-30(39)25-10-8-24(9-11-25)28-21-27(14-15-29(28)41-31(34)43)36-32(40)42-33(2,3)4/h6-15,21,31H,5,16-20,22,43H2,1-4H3,(H,35,39)(H,36,40). The highest BCUT2D eigenvalue weighted by Crippen LogP contribution is 2.34. The average Bonchev–Trinajstić information content (AvgIpc) is 2.97. The number of piperazine rings is 1. The number of anilines is 2. The highest BCUT2D eigenvalue weighted by atomic mass is 32.2. The summed E-state index contributed by atoms with van der Waals surface area (Å²) in [6.07, 6.45) is -1.03. The molecule has 2 atom stereocenters. The second-order valence-electron chi connectivity index (χ2n) is 11.6. The van der Waals surface area contributed by atoms with E-state index in [1.54, 1.807) is 63.2 Å². The molecule has 1 fully saturated rings. The summed E-state index contributed by atoms with van der Waals surface area (Å²) in [5, 5.41) is 5.66. The monoisotopic (exact) mass is 640 g/mol. The van der Waals surface area contributed by atoms with E-state index in [1.807, 2.05) is 33.3 Å². The quantitative estimate of drug-likeness (QED) is 0.165. The number of halogens is 1. The van der Waals surface area contributed by atoms with Crippen molar-refractivity contribution in [1.82, 2.24) is 9.21 Å². The van der Waals surface area contributed by atoms with Crippen molar-refractivity contribution < 1.29 is 23.5 Å². The zero-order valence-corrected chi connectivity index (χ0v) is 27.7. The summed E-state index contributed by atoms with van der Waals surface area (Å²) in [4.78, 5) is 27.7. The number of hydrogen-bond acceptors (Lipinski definition) is 7. The molecule has 8 nitrogen and oxygen atoms in total. The van der Waals surface area contributed by atoms with Crippen LogP contribution >= 0.6 is 21.2 Å². The number of amides is 2. The SMILES string of the molecule is CCCSN1CCN(Cc2ccc(NC(=O)c3ccc(-c4cc(NC(=O)OC(C)(C)C)ccc4OC(F)P)cc3)cc2)CC1. The van der Waals surface area contributed by atoms with E-state index in [0.29, 0.717) is 22.4 Å². The van der Waals surface area contributed by atoms with Crippen molar-refractivity contribution in [1.29, 1.82) is 0 Å². The largest absolute Gasteiger partial charge is 0.457 e. The van der Waals surface area contributed by atoms with E-state index in [1.165, 1.54) is 17.7 Å². The third-order valence-corrected chi connectivity index (χ3v) is 8.21. The Kier molecular flexibility index (Phi) is 12.0. The number of hydrogen-bond donors (Lipinski definition) is 2. The van der Waals surface area contributed by atoms with Gasteiger partial charge in [-0.3, -0.25) is 15.0 Å². The Labute approximate surface area is 266 Å². The van der Waals surface area contributed by atoms with Crippen LogP contribution in [0.25, 0.3) is 11.1 Å². The predicted molar refractivity (Wildman–Crippen MR) is 181 cm³/mol. The van der Waals surface area contributed by atoms with E-state index >= 15 is 0 Å². The number of carbonyl (C=O) groups excluding carboxylic acids is 2. The van der Waals surface area contributed by atoms with Gasteiger partial charge < -0.3 is 14.8 Å². The Morgan fingerprint density at radius 1 is 0.955 bits per heavy atom. The highest BCUT2D eigenvalue weighted by molar-refractivity contribution is 7.97. The molecule has 1 aliphatic rings. The zero-order chi connectivity index (χ0) is 31.7. The van der Waals surface area contributed by atoms with Crippen LogP contribution in [0.1, 0.15) is 50.0 Å². The van der Waals surface area contributed by atoms with Crippen molar-refractivity contribution in [3.05, 3.63) is 77.9 Å². The fraction of sp³-hybridized carbons (Fsp3) is 0.394. The Bertz CT molecular complexity index is 1390. The van der Waals surface area contributed by atoms with Gasteiger partial charge in [0.15, 0.2) is 0 Å². The molecule has 0 radical (unpaired) electrons. The molecule has 0 aromatic heterocycles. The van der Waals surface area contributed by atoms with Crippen molar-refractivity contribution >= 4 is 44.6 Å². The van der Waals surface area contributed by atoms with Crippen LogP contribution in [0.15, 0.2) is 66.7 Å². The van der Waals surface area contributed by atoms with Gasteiger partial charge in [0.1, 0.15) is 11.4 Å². The number of benzene rings is 3. The van der Waals surface area contributed by atoms with Crippen molar-refractivity contribution in [3.63, 3.8) is 0 Å². The molecule has 44 heavy (non-hydrogen) atoms. The molecule has 2 N–H and O–H groups in total. The first kappa shape index (κ1) is 33.7. The van der Waals surface area contributed by atoms with E-state index in [0.717, 1.165) is 38.4 Å². The molecule has 236 valence electrons. The molecule has 0 spiro atoms. The lowest BCUT2D eigenvalue weighted by Gasteiger charge is -2.33. The second-order valence-corrected chi connectivity index (χ2v) is 13.3. The topological polar surface area (TPSA) is 83.1 Å². The first-order valence-electron chi connectivity index (χ1n) is 14.8. The minimum atomic E-state index is -1.62. The van der Waals surface area contributed by atoms with Crippen LogP contribution in [-0.4, -0.2) is 64.8 Å². The Balaban J connectivity index is 1.37. The number of ether oxygens (including phenoxy) is 2. The van der Waals surface area contributed by atoms with Crippen LogP contribution < -0.4 is 15.4 Å². The first-order valence-corrected chi connectivity index (χ1v) is 16.4. The van der Waals surface area contributed by atoms with Gasteiger partial charge in [0.2, 0.25) is 6.10 Å². The number of rotatable bonds is 11. The number of nitrogens with zero attached hydrogens (tertiary/aromatic N) is 2. The van der Waals surface area contributed by atoms with Gasteiger partial charge in [-0.2, -0.15) is 4.39 Å². The maximum atomic E-state index is 13.7. The molecule has 2 amide bonds. The summed E-state index contributed by atoms with van der Waals surface area (Å²) in [6, 6.07) is 19.7. The molecular weight excluding hydrogens is 598 g/mol. The second kappa shape index (κ2) is 15.7. The van der Waals surface area contributed by atoms with E-state index in [9.17, 15) is 14.0 Å². The van der Waals surface area contributed by atoms with Crippen LogP contribution in [-0.2, 0) is 11.3 Å². The fourth-order valence-corrected chi connectivity index (χ4v) is 5.68. The summed E-state index contributed by atoms with van der Waals surface area (Å²) in [7, 11) is 1.95. The van der Waals surface area contributed by atoms with Gasteiger partial charge >= 0.3 is 6.09 Å². The number of nitrogens with one attached hydrogen (secondary N) is 2. The molecule has 0 bridgehead atoms. The van der Waals surface area contributed by atoms with Gasteiger partial charge in [0.05, 0.1) is 0 Å². The summed E-state index contributed by atoms with van der Waals surface area (Å²) >= 11 is 1.95. The number of alkyl halides is 1. The van der Waals surface area contributed by atoms with Crippen molar-refractivity contribution in [3.8, 4) is 16.9 Å². The van der Waals surface area contributed by atoms with Crippen LogP contribution in [0, 0.1) is 0 Å². The van der Waals surface area contributed by atoms with Crippen molar-refractivity contribution in [2.45, 2.75) is 52.4 Å². The van der Waals surface area contributed by atoms with Crippen LogP contribution in [0.2, 0.25) is 0 Å². The minimum absolute atomic E-state index is 0.240. The Morgan fingerprint density at radius 2 is 1.61 bits per heavy atom. The molecule has 3 aromatic rings. The summed E-state index contributed by atoms with van der Waals surface area (Å²) in [6.45, 7) is 12.7. The summed E-state index contributed by atoms with van der Waals surface area (Å²) in [5.74, 6) is 1.22. The van der Waals surface area contributed by atoms with E-state index in [2.05, 4.69) is 38.9 Å². The number of carbonyl (C=O) groups is 2. The molecular formula is C33H42FN4O4PS. The van der Waals surface area contributed by atoms with Gasteiger partial charge in [-0.25, -0.2) is 9.10 Å². The third kappa shape index (κ3) is 10.5. The lowest BCUT2D eigenvalue weighted by Crippen LogP contribution is -2.43. The van der Waals surface area contributed by atoms with E-state index in [-0.39, 0.29) is 11.7 Å². The molecule has 1 aliphatic heterocycles.